The topological polar surface area (TPSA) is 62.3 Å². The van der Waals surface area contributed by atoms with Gasteiger partial charge in [0, 0.05) is 36.1 Å². The lowest BCUT2D eigenvalue weighted by Crippen LogP contribution is -2.40. The van der Waals surface area contributed by atoms with Crippen LogP contribution in [0.5, 0.6) is 0 Å². The van der Waals surface area contributed by atoms with Crippen molar-refractivity contribution >= 4 is 23.2 Å². The molecule has 1 N–H and O–H groups in total. The zero-order chi connectivity index (χ0) is 21.7. The molecule has 0 radical (unpaired) electrons. The standard InChI is InChI=1S/C21H24F3N3O2S/c1-14-4-5-17(20(29)25-9-6-16-3-2-12-30-16)19(26-14)15-7-10-27(11-8-15)18(28)13-21(22,23)24/h2-5,12,15H,6-11,13H2,1H3,(H,25,29). The van der Waals surface area contributed by atoms with Gasteiger partial charge < -0.3 is 10.2 Å². The van der Waals surface area contributed by atoms with E-state index in [1.807, 2.05) is 24.4 Å². The van der Waals surface area contributed by atoms with Crippen LogP contribution in [0.2, 0.25) is 0 Å². The molecule has 0 saturated carbocycles. The Balaban J connectivity index is 1.62. The molecule has 0 aliphatic carbocycles. The molecule has 5 nitrogen and oxygen atoms in total. The van der Waals surface area contributed by atoms with Crippen LogP contribution >= 0.6 is 11.3 Å². The van der Waals surface area contributed by atoms with Gasteiger partial charge in [-0.25, -0.2) is 0 Å². The summed E-state index contributed by atoms with van der Waals surface area (Å²) in [7, 11) is 0. The van der Waals surface area contributed by atoms with Gasteiger partial charge in [-0.2, -0.15) is 13.2 Å². The van der Waals surface area contributed by atoms with E-state index in [2.05, 4.69) is 10.3 Å². The number of aromatic nitrogens is 1. The molecular formula is C21H24F3N3O2S. The van der Waals surface area contributed by atoms with Crippen molar-refractivity contribution in [1.82, 2.24) is 15.2 Å². The van der Waals surface area contributed by atoms with Gasteiger partial charge in [-0.1, -0.05) is 6.07 Å². The summed E-state index contributed by atoms with van der Waals surface area (Å²) < 4.78 is 37.4. The van der Waals surface area contributed by atoms with E-state index in [1.165, 1.54) is 9.78 Å². The molecule has 0 atom stereocenters. The minimum absolute atomic E-state index is 0.0714. The number of likely N-dealkylation sites (tertiary alicyclic amines) is 1. The number of amides is 2. The van der Waals surface area contributed by atoms with Crippen LogP contribution in [0.4, 0.5) is 13.2 Å². The fraction of sp³-hybridized carbons (Fsp3) is 0.476. The number of thiophene rings is 1. The third kappa shape index (κ3) is 6.04. The van der Waals surface area contributed by atoms with Crippen molar-refractivity contribution in [3.63, 3.8) is 0 Å². The molecule has 0 unspecified atom stereocenters. The second kappa shape index (κ2) is 9.59. The second-order valence-corrected chi connectivity index (χ2v) is 8.45. The molecule has 0 spiro atoms. The van der Waals surface area contributed by atoms with Crippen molar-refractivity contribution in [2.24, 2.45) is 0 Å². The van der Waals surface area contributed by atoms with E-state index in [0.717, 1.165) is 12.1 Å². The molecule has 1 aliphatic heterocycles. The summed E-state index contributed by atoms with van der Waals surface area (Å²) in [5.41, 5.74) is 1.93. The molecule has 3 rings (SSSR count). The number of rotatable bonds is 6. The van der Waals surface area contributed by atoms with Crippen LogP contribution in [0, 0.1) is 6.92 Å². The number of hydrogen-bond donors (Lipinski definition) is 1. The lowest BCUT2D eigenvalue weighted by molar-refractivity contribution is -0.162. The molecule has 0 bridgehead atoms. The Kier molecular flexibility index (Phi) is 7.12. The molecule has 9 heteroatoms. The number of nitrogens with zero attached hydrogens (tertiary/aromatic N) is 2. The minimum Gasteiger partial charge on any atom is -0.352 e. The van der Waals surface area contributed by atoms with Crippen LogP contribution in [0.1, 0.15) is 51.8 Å². The maximum atomic E-state index is 12.7. The molecule has 2 amide bonds. The molecule has 3 heterocycles. The van der Waals surface area contributed by atoms with Gasteiger partial charge >= 0.3 is 6.18 Å². The lowest BCUT2D eigenvalue weighted by atomic mass is 9.89. The van der Waals surface area contributed by atoms with Crippen LogP contribution in [0.15, 0.2) is 29.6 Å². The molecule has 1 fully saturated rings. The fourth-order valence-corrected chi connectivity index (χ4v) is 4.32. The number of carbonyl (C=O) groups excluding carboxylic acids is 2. The normalized spacial score (nSPS) is 15.3. The number of hydrogen-bond acceptors (Lipinski definition) is 4. The number of halogens is 3. The maximum absolute atomic E-state index is 12.7. The highest BCUT2D eigenvalue weighted by molar-refractivity contribution is 7.09. The van der Waals surface area contributed by atoms with Crippen molar-refractivity contribution in [1.29, 1.82) is 0 Å². The third-order valence-corrected chi connectivity index (χ3v) is 6.07. The van der Waals surface area contributed by atoms with Gasteiger partial charge in [0.1, 0.15) is 6.42 Å². The zero-order valence-corrected chi connectivity index (χ0v) is 17.5. The average molecular weight is 440 g/mol. The first-order valence-electron chi connectivity index (χ1n) is 9.85. The van der Waals surface area contributed by atoms with E-state index in [0.29, 0.717) is 30.6 Å². The predicted octanol–water partition coefficient (Wildman–Crippen LogP) is 4.08. The molecule has 2 aromatic rings. The molecule has 1 saturated heterocycles. The summed E-state index contributed by atoms with van der Waals surface area (Å²) in [6.07, 6.45) is -4.22. The van der Waals surface area contributed by atoms with Crippen LogP contribution < -0.4 is 5.32 Å². The van der Waals surface area contributed by atoms with Crippen molar-refractivity contribution < 1.29 is 22.8 Å². The average Bonchev–Trinajstić information content (AvgIpc) is 3.20. The van der Waals surface area contributed by atoms with E-state index in [4.69, 9.17) is 0 Å². The van der Waals surface area contributed by atoms with E-state index in [9.17, 15) is 22.8 Å². The monoisotopic (exact) mass is 439 g/mol. The SMILES string of the molecule is Cc1ccc(C(=O)NCCc2cccs2)c(C2CCN(C(=O)CC(F)(F)F)CC2)n1. The van der Waals surface area contributed by atoms with Gasteiger partial charge in [-0.15, -0.1) is 11.3 Å². The summed E-state index contributed by atoms with van der Waals surface area (Å²) in [6, 6.07) is 7.51. The van der Waals surface area contributed by atoms with E-state index in [-0.39, 0.29) is 24.9 Å². The zero-order valence-electron chi connectivity index (χ0n) is 16.7. The maximum Gasteiger partial charge on any atom is 0.397 e. The minimum atomic E-state index is -4.50. The van der Waals surface area contributed by atoms with Crippen LogP contribution in [-0.4, -0.2) is 47.5 Å². The predicted molar refractivity (Wildman–Crippen MR) is 109 cm³/mol. The fourth-order valence-electron chi connectivity index (χ4n) is 3.61. The third-order valence-electron chi connectivity index (χ3n) is 5.13. The van der Waals surface area contributed by atoms with Crippen molar-refractivity contribution in [3.8, 4) is 0 Å². The quantitative estimate of drug-likeness (QED) is 0.738. The molecule has 0 aromatic carbocycles. The Hall–Kier alpha value is -2.42. The van der Waals surface area contributed by atoms with E-state index >= 15 is 0 Å². The molecule has 30 heavy (non-hydrogen) atoms. The van der Waals surface area contributed by atoms with Gasteiger partial charge in [0.25, 0.3) is 5.91 Å². The summed E-state index contributed by atoms with van der Waals surface area (Å²) >= 11 is 1.64. The molecule has 2 aromatic heterocycles. The Morgan fingerprint density at radius 1 is 1.23 bits per heavy atom. The van der Waals surface area contributed by atoms with Gasteiger partial charge in [-0.3, -0.25) is 14.6 Å². The first-order chi connectivity index (χ1) is 14.2. The summed E-state index contributed by atoms with van der Waals surface area (Å²) in [6.45, 7) is 2.81. The Bertz CT molecular complexity index is 876. The Labute approximate surface area is 177 Å². The summed E-state index contributed by atoms with van der Waals surface area (Å²) in [4.78, 5) is 31.6. The van der Waals surface area contributed by atoms with Gasteiger partial charge in [0.05, 0.1) is 11.3 Å². The van der Waals surface area contributed by atoms with Crippen molar-refractivity contribution in [2.75, 3.05) is 19.6 Å². The van der Waals surface area contributed by atoms with Gasteiger partial charge in [0.15, 0.2) is 0 Å². The van der Waals surface area contributed by atoms with E-state index in [1.54, 1.807) is 23.5 Å². The highest BCUT2D eigenvalue weighted by Crippen LogP contribution is 2.31. The smallest absolute Gasteiger partial charge is 0.352 e. The van der Waals surface area contributed by atoms with Crippen molar-refractivity contribution in [3.05, 3.63) is 51.5 Å². The number of piperidine rings is 1. The molecular weight excluding hydrogens is 415 g/mol. The summed E-state index contributed by atoms with van der Waals surface area (Å²) in [5.74, 6) is -1.17. The molecule has 162 valence electrons. The number of carbonyl (C=O) groups is 2. The largest absolute Gasteiger partial charge is 0.397 e. The highest BCUT2D eigenvalue weighted by atomic mass is 32.1. The first-order valence-corrected chi connectivity index (χ1v) is 10.7. The Morgan fingerprint density at radius 3 is 2.60 bits per heavy atom. The molecule has 1 aliphatic rings. The number of alkyl halides is 3. The summed E-state index contributed by atoms with van der Waals surface area (Å²) in [5, 5.41) is 4.92. The second-order valence-electron chi connectivity index (χ2n) is 7.42. The van der Waals surface area contributed by atoms with Gasteiger partial charge in [-0.05, 0) is 49.8 Å². The van der Waals surface area contributed by atoms with Crippen molar-refractivity contribution in [2.45, 2.75) is 44.7 Å². The number of aryl methyl sites for hydroxylation is 1. The number of pyridine rings is 1. The number of nitrogens with one attached hydrogen (secondary N) is 1. The highest BCUT2D eigenvalue weighted by Gasteiger charge is 2.35. The van der Waals surface area contributed by atoms with E-state index < -0.39 is 18.5 Å². The Morgan fingerprint density at radius 2 is 1.97 bits per heavy atom. The van der Waals surface area contributed by atoms with Gasteiger partial charge in [0.2, 0.25) is 5.91 Å². The van der Waals surface area contributed by atoms with Crippen LogP contribution in [-0.2, 0) is 11.2 Å². The van der Waals surface area contributed by atoms with Crippen LogP contribution in [0.3, 0.4) is 0 Å². The first kappa shape index (κ1) is 22.3. The van der Waals surface area contributed by atoms with Crippen LogP contribution in [0.25, 0.3) is 0 Å². The lowest BCUT2D eigenvalue weighted by Gasteiger charge is -2.32.